The fourth-order valence-corrected chi connectivity index (χ4v) is 4.27. The lowest BCUT2D eigenvalue weighted by molar-refractivity contribution is 0.0475. The molecule has 1 saturated carbocycles. The monoisotopic (exact) mass is 295 g/mol. The van der Waals surface area contributed by atoms with Crippen LogP contribution in [-0.4, -0.2) is 17.3 Å². The van der Waals surface area contributed by atoms with Crippen molar-refractivity contribution in [3.63, 3.8) is 0 Å². The molecule has 0 saturated heterocycles. The Kier molecular flexibility index (Phi) is 3.81. The van der Waals surface area contributed by atoms with Gasteiger partial charge in [0.1, 0.15) is 0 Å². The lowest BCUT2D eigenvalue weighted by Crippen LogP contribution is -2.37. The minimum absolute atomic E-state index is 0.497. The van der Waals surface area contributed by atoms with Crippen molar-refractivity contribution in [2.75, 3.05) is 6.54 Å². The van der Waals surface area contributed by atoms with E-state index in [4.69, 9.17) is 11.6 Å². The van der Waals surface area contributed by atoms with Crippen molar-refractivity contribution in [3.8, 4) is 0 Å². The zero-order chi connectivity index (χ0) is 13.3. The predicted molar refractivity (Wildman–Crippen MR) is 82.0 cm³/mol. The third-order valence-electron chi connectivity index (χ3n) is 3.88. The number of hydrogen-bond acceptors (Lipinski definition) is 3. The van der Waals surface area contributed by atoms with E-state index in [1.54, 1.807) is 11.3 Å². The summed E-state index contributed by atoms with van der Waals surface area (Å²) in [5.74, 6) is 0. The Bertz CT molecular complexity index is 575. The molecule has 0 radical (unpaired) electrons. The quantitative estimate of drug-likeness (QED) is 0.895. The number of hydrogen-bond donors (Lipinski definition) is 2. The number of halogens is 1. The van der Waals surface area contributed by atoms with Gasteiger partial charge in [0.25, 0.3) is 0 Å². The van der Waals surface area contributed by atoms with Crippen LogP contribution in [0.25, 0.3) is 10.1 Å². The van der Waals surface area contributed by atoms with Gasteiger partial charge in [0.05, 0.1) is 10.6 Å². The Morgan fingerprint density at radius 1 is 1.26 bits per heavy atom. The molecule has 1 fully saturated rings. The standard InChI is InChI=1S/C15H18ClNOS/c16-14-11-5-1-2-6-12(11)19-13(14)9-17-10-15(18)7-3-4-8-15/h1-2,5-6,17-18H,3-4,7-10H2. The van der Waals surface area contributed by atoms with Gasteiger partial charge in [-0.25, -0.2) is 0 Å². The summed E-state index contributed by atoms with van der Waals surface area (Å²) < 4.78 is 1.23. The van der Waals surface area contributed by atoms with Gasteiger partial charge < -0.3 is 10.4 Å². The average molecular weight is 296 g/mol. The average Bonchev–Trinajstić information content (AvgIpc) is 2.96. The highest BCUT2D eigenvalue weighted by atomic mass is 35.5. The smallest absolute Gasteiger partial charge is 0.0771 e. The summed E-state index contributed by atoms with van der Waals surface area (Å²) in [6.45, 7) is 1.40. The molecule has 2 aromatic rings. The number of benzene rings is 1. The molecule has 2 nitrogen and oxygen atoms in total. The highest BCUT2D eigenvalue weighted by Gasteiger charge is 2.30. The maximum atomic E-state index is 10.3. The molecule has 1 heterocycles. The van der Waals surface area contributed by atoms with Crippen LogP contribution in [0.2, 0.25) is 5.02 Å². The van der Waals surface area contributed by atoms with Crippen molar-refractivity contribution in [2.24, 2.45) is 0 Å². The van der Waals surface area contributed by atoms with Crippen LogP contribution >= 0.6 is 22.9 Å². The lowest BCUT2D eigenvalue weighted by atomic mass is 10.0. The maximum Gasteiger partial charge on any atom is 0.0771 e. The van der Waals surface area contributed by atoms with E-state index in [1.165, 1.54) is 4.70 Å². The lowest BCUT2D eigenvalue weighted by Gasteiger charge is -2.22. The van der Waals surface area contributed by atoms with Crippen LogP contribution < -0.4 is 5.32 Å². The van der Waals surface area contributed by atoms with Crippen molar-refractivity contribution in [1.82, 2.24) is 5.32 Å². The first-order valence-electron chi connectivity index (χ1n) is 6.77. The van der Waals surface area contributed by atoms with Gasteiger partial charge >= 0.3 is 0 Å². The first kappa shape index (κ1) is 13.4. The van der Waals surface area contributed by atoms with E-state index in [0.717, 1.165) is 47.5 Å². The van der Waals surface area contributed by atoms with E-state index >= 15 is 0 Å². The van der Waals surface area contributed by atoms with E-state index in [2.05, 4.69) is 17.4 Å². The van der Waals surface area contributed by atoms with Crippen LogP contribution in [0.4, 0.5) is 0 Å². The zero-order valence-corrected chi connectivity index (χ0v) is 12.4. The fourth-order valence-electron chi connectivity index (χ4n) is 2.80. The molecule has 1 aliphatic rings. The number of aliphatic hydroxyl groups is 1. The van der Waals surface area contributed by atoms with Crippen LogP contribution in [-0.2, 0) is 6.54 Å². The van der Waals surface area contributed by atoms with E-state index in [1.807, 2.05) is 12.1 Å². The third kappa shape index (κ3) is 2.79. The zero-order valence-electron chi connectivity index (χ0n) is 10.8. The molecule has 3 rings (SSSR count). The number of fused-ring (bicyclic) bond motifs is 1. The van der Waals surface area contributed by atoms with Crippen LogP contribution in [0.5, 0.6) is 0 Å². The molecule has 0 amide bonds. The second kappa shape index (κ2) is 5.41. The molecular weight excluding hydrogens is 278 g/mol. The Balaban J connectivity index is 1.67. The van der Waals surface area contributed by atoms with E-state index in [-0.39, 0.29) is 0 Å². The van der Waals surface area contributed by atoms with Crippen LogP contribution in [0.15, 0.2) is 24.3 Å². The Hall–Kier alpha value is -0.610. The molecule has 19 heavy (non-hydrogen) atoms. The summed E-state index contributed by atoms with van der Waals surface area (Å²) in [4.78, 5) is 1.16. The Morgan fingerprint density at radius 2 is 2.00 bits per heavy atom. The summed E-state index contributed by atoms with van der Waals surface area (Å²) >= 11 is 8.12. The van der Waals surface area contributed by atoms with Crippen LogP contribution in [0.3, 0.4) is 0 Å². The van der Waals surface area contributed by atoms with Gasteiger partial charge in [-0.3, -0.25) is 0 Å². The van der Waals surface area contributed by atoms with Gasteiger partial charge in [-0.15, -0.1) is 11.3 Å². The Morgan fingerprint density at radius 3 is 2.74 bits per heavy atom. The van der Waals surface area contributed by atoms with Gasteiger partial charge in [0, 0.05) is 28.1 Å². The topological polar surface area (TPSA) is 32.3 Å². The summed E-state index contributed by atoms with van der Waals surface area (Å²) in [6.07, 6.45) is 4.12. The second-order valence-electron chi connectivity index (χ2n) is 5.37. The molecular formula is C15H18ClNOS. The van der Waals surface area contributed by atoms with Gasteiger partial charge in [0.15, 0.2) is 0 Å². The van der Waals surface area contributed by atoms with Gasteiger partial charge in [-0.05, 0) is 18.9 Å². The fraction of sp³-hybridized carbons (Fsp3) is 0.467. The van der Waals surface area contributed by atoms with Crippen molar-refractivity contribution in [2.45, 2.75) is 37.8 Å². The van der Waals surface area contributed by atoms with Crippen molar-refractivity contribution in [3.05, 3.63) is 34.2 Å². The normalized spacial score (nSPS) is 18.2. The minimum Gasteiger partial charge on any atom is -0.389 e. The molecule has 2 N–H and O–H groups in total. The second-order valence-corrected chi connectivity index (χ2v) is 6.89. The van der Waals surface area contributed by atoms with Crippen LogP contribution in [0, 0.1) is 0 Å². The molecule has 0 atom stereocenters. The first-order chi connectivity index (χ1) is 9.18. The van der Waals surface area contributed by atoms with Crippen LogP contribution in [0.1, 0.15) is 30.6 Å². The van der Waals surface area contributed by atoms with Crippen molar-refractivity contribution >= 4 is 33.0 Å². The minimum atomic E-state index is -0.497. The van der Waals surface area contributed by atoms with E-state index < -0.39 is 5.60 Å². The molecule has 1 aromatic carbocycles. The summed E-state index contributed by atoms with van der Waals surface area (Å²) in [5, 5.41) is 15.6. The van der Waals surface area contributed by atoms with E-state index in [9.17, 15) is 5.11 Å². The largest absolute Gasteiger partial charge is 0.389 e. The van der Waals surface area contributed by atoms with Crippen molar-refractivity contribution in [1.29, 1.82) is 0 Å². The molecule has 4 heteroatoms. The molecule has 0 unspecified atom stereocenters. The third-order valence-corrected chi connectivity index (χ3v) is 5.59. The summed E-state index contributed by atoms with van der Waals surface area (Å²) in [5.41, 5.74) is -0.497. The van der Waals surface area contributed by atoms with Gasteiger partial charge in [0.2, 0.25) is 0 Å². The molecule has 0 spiro atoms. The van der Waals surface area contributed by atoms with Gasteiger partial charge in [-0.1, -0.05) is 42.6 Å². The molecule has 102 valence electrons. The van der Waals surface area contributed by atoms with Crippen molar-refractivity contribution < 1.29 is 5.11 Å². The number of thiophene rings is 1. The molecule has 0 bridgehead atoms. The van der Waals surface area contributed by atoms with Gasteiger partial charge in [-0.2, -0.15) is 0 Å². The number of rotatable bonds is 4. The predicted octanol–water partition coefficient (Wildman–Crippen LogP) is 3.95. The summed E-state index contributed by atoms with van der Waals surface area (Å²) in [7, 11) is 0. The Labute approximate surface area is 122 Å². The molecule has 1 aromatic heterocycles. The highest BCUT2D eigenvalue weighted by molar-refractivity contribution is 7.19. The maximum absolute atomic E-state index is 10.3. The first-order valence-corrected chi connectivity index (χ1v) is 7.96. The SMILES string of the molecule is OC1(CNCc2sc3ccccc3c2Cl)CCCC1. The number of nitrogens with one attached hydrogen (secondary N) is 1. The molecule has 0 aliphatic heterocycles. The van der Waals surface area contributed by atoms with E-state index in [0.29, 0.717) is 6.54 Å². The highest BCUT2D eigenvalue weighted by Crippen LogP contribution is 2.35. The summed E-state index contributed by atoms with van der Waals surface area (Å²) in [6, 6.07) is 8.20. The molecule has 1 aliphatic carbocycles.